The Balaban J connectivity index is 1.52. The van der Waals surface area contributed by atoms with Crippen molar-refractivity contribution in [1.29, 1.82) is 0 Å². The number of carboxylic acids is 1. The van der Waals surface area contributed by atoms with Gasteiger partial charge in [-0.1, -0.05) is 12.1 Å². The number of quaternary nitrogens is 1. The van der Waals surface area contributed by atoms with Gasteiger partial charge in [-0.2, -0.15) is 16.9 Å². The average Bonchev–Trinajstić information content (AvgIpc) is 2.90. The van der Waals surface area contributed by atoms with Crippen LogP contribution in [0.15, 0.2) is 47.6 Å². The van der Waals surface area contributed by atoms with E-state index in [1.165, 1.54) is 0 Å². The molecule has 2 aromatic rings. The molecule has 1 N–H and O–H groups in total. The number of carbonyl (C=O) groups is 2. The van der Waals surface area contributed by atoms with Crippen LogP contribution in [0.3, 0.4) is 0 Å². The number of carbonyl (C=O) groups excluding carboxylic acids is 1. The van der Waals surface area contributed by atoms with Crippen LogP contribution in [0.5, 0.6) is 11.5 Å². The Kier molecular flexibility index (Phi) is 8.53. The number of amides is 1. The summed E-state index contributed by atoms with van der Waals surface area (Å²) >= 11 is 1.92. The predicted octanol–water partition coefficient (Wildman–Crippen LogP) is 4.15. The molecule has 0 spiro atoms. The van der Waals surface area contributed by atoms with E-state index in [4.69, 9.17) is 14.6 Å². The van der Waals surface area contributed by atoms with Crippen molar-refractivity contribution in [3.05, 3.63) is 53.6 Å². The molecule has 192 valence electrons. The van der Waals surface area contributed by atoms with Crippen LogP contribution >= 0.6 is 11.8 Å². The second-order valence-electron chi connectivity index (χ2n) is 9.04. The Morgan fingerprint density at radius 1 is 1.11 bits per heavy atom. The monoisotopic (exact) mass is 512 g/mol. The molecule has 2 aromatic carbocycles. The molecule has 0 aromatic heterocycles. The van der Waals surface area contributed by atoms with Gasteiger partial charge < -0.3 is 14.6 Å². The van der Waals surface area contributed by atoms with Crippen molar-refractivity contribution in [2.75, 3.05) is 44.9 Å². The molecule has 0 saturated carbocycles. The Hall–Kier alpha value is -3.04. The molecule has 1 amide bonds. The fourth-order valence-corrected chi connectivity index (χ4v) is 5.92. The zero-order valence-electron chi connectivity index (χ0n) is 20.9. The molecule has 8 nitrogen and oxygen atoms in total. The Morgan fingerprint density at radius 3 is 2.53 bits per heavy atom. The van der Waals surface area contributed by atoms with Crippen LogP contribution in [0.4, 0.5) is 5.69 Å². The number of benzene rings is 2. The Morgan fingerprint density at radius 2 is 1.86 bits per heavy atom. The first kappa shape index (κ1) is 26.0. The number of nitrogens with zero attached hydrogens (tertiary/aromatic N) is 3. The van der Waals surface area contributed by atoms with E-state index in [0.717, 1.165) is 47.1 Å². The number of ether oxygens (including phenoxy) is 2. The van der Waals surface area contributed by atoms with Crippen molar-refractivity contribution >= 4 is 35.0 Å². The van der Waals surface area contributed by atoms with Crippen molar-refractivity contribution in [1.82, 2.24) is 9.49 Å². The maximum absolute atomic E-state index is 12.7. The van der Waals surface area contributed by atoms with Crippen LogP contribution in [0.25, 0.3) is 0 Å². The molecule has 2 aliphatic rings. The van der Waals surface area contributed by atoms with Gasteiger partial charge in [0.1, 0.15) is 5.69 Å². The molecule has 0 atom stereocenters. The minimum atomic E-state index is -0.759. The number of rotatable bonds is 10. The average molecular weight is 513 g/mol. The molecule has 1 saturated heterocycles. The van der Waals surface area contributed by atoms with Gasteiger partial charge in [0.25, 0.3) is 0 Å². The van der Waals surface area contributed by atoms with E-state index in [9.17, 15) is 14.7 Å². The summed E-state index contributed by atoms with van der Waals surface area (Å²) in [7, 11) is 1.61. The molecule has 0 unspecified atom stereocenters. The molecular formula is C27H34N3O5S+. The molecule has 2 aliphatic heterocycles. The van der Waals surface area contributed by atoms with E-state index in [0.29, 0.717) is 48.5 Å². The van der Waals surface area contributed by atoms with Crippen molar-refractivity contribution in [3.8, 4) is 11.5 Å². The lowest BCUT2D eigenvalue weighted by Gasteiger charge is -2.40. The second kappa shape index (κ2) is 11.8. The first-order valence-electron chi connectivity index (χ1n) is 12.4. The Labute approximate surface area is 216 Å². The summed E-state index contributed by atoms with van der Waals surface area (Å²) in [4.78, 5) is 23.9. The standard InChI is InChI=1S/C27H33N3O5S/c1-3-35-25-18-21(6-10-24(25)34-2)23-9-11-26(31)29(28-23)19-20-4-7-22(8-5-20)30(13-12-27(32)33)14-16-36-17-15-30/h4-8,10,18H,3,9,11-17,19H2,1-2H3/p+1. The largest absolute Gasteiger partial charge is 0.493 e. The fourth-order valence-electron chi connectivity index (χ4n) is 4.76. The third kappa shape index (κ3) is 6.02. The number of hydrazone groups is 1. The highest BCUT2D eigenvalue weighted by Gasteiger charge is 2.33. The maximum atomic E-state index is 12.7. The van der Waals surface area contributed by atoms with E-state index in [-0.39, 0.29) is 12.3 Å². The summed E-state index contributed by atoms with van der Waals surface area (Å²) in [5.41, 5.74) is 3.89. The summed E-state index contributed by atoms with van der Waals surface area (Å²) in [6.07, 6.45) is 1.14. The third-order valence-electron chi connectivity index (χ3n) is 6.80. The highest BCUT2D eigenvalue weighted by molar-refractivity contribution is 7.99. The minimum Gasteiger partial charge on any atom is -0.493 e. The normalized spacial score (nSPS) is 17.4. The number of aliphatic carboxylic acids is 1. The van der Waals surface area contributed by atoms with Gasteiger partial charge in [-0.3, -0.25) is 14.1 Å². The van der Waals surface area contributed by atoms with E-state index < -0.39 is 5.97 Å². The van der Waals surface area contributed by atoms with E-state index in [2.05, 4.69) is 12.1 Å². The SMILES string of the molecule is CCOc1cc(C2=NN(Cc3ccc([N+]4(CCC(=O)O)CCSCC4)cc3)C(=O)CC2)ccc1OC. The van der Waals surface area contributed by atoms with Gasteiger partial charge in [-0.05, 0) is 42.8 Å². The van der Waals surface area contributed by atoms with Gasteiger partial charge in [0.15, 0.2) is 11.5 Å². The van der Waals surface area contributed by atoms with Gasteiger partial charge in [-0.25, -0.2) is 5.01 Å². The predicted molar refractivity (Wildman–Crippen MR) is 143 cm³/mol. The zero-order chi connectivity index (χ0) is 25.5. The summed E-state index contributed by atoms with van der Waals surface area (Å²) < 4.78 is 11.8. The van der Waals surface area contributed by atoms with Crippen molar-refractivity contribution in [2.45, 2.75) is 32.7 Å². The molecule has 2 heterocycles. The lowest BCUT2D eigenvalue weighted by Crippen LogP contribution is -2.55. The van der Waals surface area contributed by atoms with Gasteiger partial charge in [-0.15, -0.1) is 0 Å². The molecule has 9 heteroatoms. The Bertz CT molecular complexity index is 1110. The summed E-state index contributed by atoms with van der Waals surface area (Å²) in [6, 6.07) is 14.0. The first-order valence-corrected chi connectivity index (χ1v) is 13.5. The lowest BCUT2D eigenvalue weighted by atomic mass is 10.0. The zero-order valence-corrected chi connectivity index (χ0v) is 21.8. The van der Waals surface area contributed by atoms with Gasteiger partial charge in [0, 0.05) is 29.9 Å². The van der Waals surface area contributed by atoms with Crippen molar-refractivity contribution < 1.29 is 24.2 Å². The van der Waals surface area contributed by atoms with Crippen LogP contribution < -0.4 is 14.0 Å². The lowest BCUT2D eigenvalue weighted by molar-refractivity contribution is -0.137. The fraction of sp³-hybridized carbons (Fsp3) is 0.444. The highest BCUT2D eigenvalue weighted by atomic mass is 32.2. The summed E-state index contributed by atoms with van der Waals surface area (Å²) in [5.74, 6) is 2.62. The van der Waals surface area contributed by atoms with Crippen molar-refractivity contribution in [3.63, 3.8) is 0 Å². The topological polar surface area (TPSA) is 88.4 Å². The molecule has 0 aliphatic carbocycles. The van der Waals surface area contributed by atoms with E-state index in [1.807, 2.05) is 49.0 Å². The summed E-state index contributed by atoms with van der Waals surface area (Å²) in [6.45, 7) is 5.31. The number of methoxy groups -OCH3 is 1. The van der Waals surface area contributed by atoms with E-state index >= 15 is 0 Å². The molecule has 0 radical (unpaired) electrons. The molecule has 1 fully saturated rings. The first-order chi connectivity index (χ1) is 17.4. The minimum absolute atomic E-state index is 0.000570. The van der Waals surface area contributed by atoms with E-state index in [1.54, 1.807) is 12.1 Å². The maximum Gasteiger partial charge on any atom is 0.309 e. The number of carboxylic acid groups (broad SMARTS) is 1. The number of thioether (sulfide) groups is 1. The quantitative estimate of drug-likeness (QED) is 0.481. The highest BCUT2D eigenvalue weighted by Crippen LogP contribution is 2.31. The van der Waals surface area contributed by atoms with Crippen LogP contribution in [0, 0.1) is 0 Å². The molecular weight excluding hydrogens is 478 g/mol. The molecule has 4 rings (SSSR count). The van der Waals surface area contributed by atoms with Crippen molar-refractivity contribution in [2.24, 2.45) is 5.10 Å². The van der Waals surface area contributed by atoms with Crippen LogP contribution in [0.1, 0.15) is 37.3 Å². The third-order valence-corrected chi connectivity index (χ3v) is 7.74. The number of hydrogen-bond donors (Lipinski definition) is 1. The number of hydrogen-bond acceptors (Lipinski definition) is 6. The second-order valence-corrected chi connectivity index (χ2v) is 10.3. The van der Waals surface area contributed by atoms with Gasteiger partial charge in [0.05, 0.1) is 52.0 Å². The smallest absolute Gasteiger partial charge is 0.309 e. The van der Waals surface area contributed by atoms with Gasteiger partial charge >= 0.3 is 5.97 Å². The van der Waals surface area contributed by atoms with Crippen LogP contribution in [-0.4, -0.2) is 72.6 Å². The van der Waals surface area contributed by atoms with Crippen LogP contribution in [0.2, 0.25) is 0 Å². The van der Waals surface area contributed by atoms with Crippen LogP contribution in [-0.2, 0) is 16.1 Å². The van der Waals surface area contributed by atoms with Gasteiger partial charge in [0.2, 0.25) is 5.91 Å². The molecule has 0 bridgehead atoms. The summed E-state index contributed by atoms with van der Waals surface area (Å²) in [5, 5.41) is 15.5. The molecule has 36 heavy (non-hydrogen) atoms.